The molecular formula is C12H23N3O. The zero-order valence-corrected chi connectivity index (χ0v) is 10.2. The van der Waals surface area contributed by atoms with Gasteiger partial charge in [0.25, 0.3) is 0 Å². The Morgan fingerprint density at radius 1 is 1.31 bits per heavy atom. The van der Waals surface area contributed by atoms with Gasteiger partial charge in [0.2, 0.25) is 5.91 Å². The van der Waals surface area contributed by atoms with Crippen LogP contribution in [0.2, 0.25) is 0 Å². The summed E-state index contributed by atoms with van der Waals surface area (Å²) in [7, 11) is 0. The first-order valence-electron chi connectivity index (χ1n) is 6.57. The molecule has 2 fully saturated rings. The highest BCUT2D eigenvalue weighted by Crippen LogP contribution is 2.18. The average molecular weight is 225 g/mol. The van der Waals surface area contributed by atoms with Gasteiger partial charge in [-0.1, -0.05) is 6.92 Å². The van der Waals surface area contributed by atoms with Gasteiger partial charge >= 0.3 is 0 Å². The molecule has 16 heavy (non-hydrogen) atoms. The topological polar surface area (TPSA) is 44.4 Å². The molecule has 0 aromatic carbocycles. The smallest absolute Gasteiger partial charge is 0.237 e. The third-order valence-corrected chi connectivity index (χ3v) is 3.78. The highest BCUT2D eigenvalue weighted by molar-refractivity contribution is 5.82. The molecule has 1 amide bonds. The maximum Gasteiger partial charge on any atom is 0.237 e. The summed E-state index contributed by atoms with van der Waals surface area (Å²) in [5.74, 6) is 0.242. The fourth-order valence-corrected chi connectivity index (χ4v) is 2.90. The van der Waals surface area contributed by atoms with E-state index in [0.29, 0.717) is 6.04 Å². The molecule has 2 aliphatic rings. The molecule has 2 saturated heterocycles. The first-order chi connectivity index (χ1) is 7.83. The Kier molecular flexibility index (Phi) is 4.18. The molecule has 4 nitrogen and oxygen atoms in total. The van der Waals surface area contributed by atoms with E-state index in [-0.39, 0.29) is 11.9 Å². The molecule has 0 radical (unpaired) electrons. The van der Waals surface area contributed by atoms with E-state index < -0.39 is 0 Å². The summed E-state index contributed by atoms with van der Waals surface area (Å²) in [4.78, 5) is 14.4. The van der Waals surface area contributed by atoms with Gasteiger partial charge in [-0.15, -0.1) is 0 Å². The summed E-state index contributed by atoms with van der Waals surface area (Å²) in [5, 5.41) is 6.42. The molecule has 0 spiro atoms. The highest BCUT2D eigenvalue weighted by Gasteiger charge is 2.32. The SMILES string of the molecule is CCN(C1CCNC1)C1CCCCNC1=O. The van der Waals surface area contributed by atoms with Crippen LogP contribution in [0.1, 0.15) is 32.6 Å². The number of amides is 1. The van der Waals surface area contributed by atoms with Crippen LogP contribution in [0.4, 0.5) is 0 Å². The Hall–Kier alpha value is -0.610. The number of carbonyl (C=O) groups excluding carboxylic acids is 1. The maximum atomic E-state index is 12.0. The minimum atomic E-state index is 0.109. The Morgan fingerprint density at radius 2 is 2.19 bits per heavy atom. The van der Waals surface area contributed by atoms with Crippen molar-refractivity contribution in [2.45, 2.75) is 44.7 Å². The molecule has 2 rings (SSSR count). The second kappa shape index (κ2) is 5.64. The molecule has 0 aromatic heterocycles. The van der Waals surface area contributed by atoms with Crippen LogP contribution in [-0.2, 0) is 4.79 Å². The molecule has 2 heterocycles. The molecule has 0 saturated carbocycles. The van der Waals surface area contributed by atoms with Crippen LogP contribution in [0.25, 0.3) is 0 Å². The first kappa shape index (κ1) is 11.9. The third-order valence-electron chi connectivity index (χ3n) is 3.78. The summed E-state index contributed by atoms with van der Waals surface area (Å²) in [6.45, 7) is 6.13. The summed E-state index contributed by atoms with van der Waals surface area (Å²) in [6, 6.07) is 0.663. The van der Waals surface area contributed by atoms with Crippen LogP contribution in [0.15, 0.2) is 0 Å². The van der Waals surface area contributed by atoms with Crippen molar-refractivity contribution in [3.63, 3.8) is 0 Å². The van der Waals surface area contributed by atoms with E-state index in [0.717, 1.165) is 39.0 Å². The van der Waals surface area contributed by atoms with Crippen molar-refractivity contribution in [2.75, 3.05) is 26.2 Å². The lowest BCUT2D eigenvalue weighted by Gasteiger charge is -2.33. The van der Waals surface area contributed by atoms with E-state index in [9.17, 15) is 4.79 Å². The fourth-order valence-electron chi connectivity index (χ4n) is 2.90. The van der Waals surface area contributed by atoms with Crippen LogP contribution in [0, 0.1) is 0 Å². The summed E-state index contributed by atoms with van der Waals surface area (Å²) >= 11 is 0. The molecule has 0 bridgehead atoms. The lowest BCUT2D eigenvalue weighted by atomic mass is 10.1. The van der Waals surface area contributed by atoms with Gasteiger partial charge < -0.3 is 10.6 Å². The number of hydrogen-bond acceptors (Lipinski definition) is 3. The fraction of sp³-hybridized carbons (Fsp3) is 0.917. The van der Waals surface area contributed by atoms with E-state index in [1.807, 2.05) is 0 Å². The van der Waals surface area contributed by atoms with E-state index in [1.165, 1.54) is 12.8 Å². The van der Waals surface area contributed by atoms with Crippen molar-refractivity contribution in [2.24, 2.45) is 0 Å². The highest BCUT2D eigenvalue weighted by atomic mass is 16.2. The zero-order chi connectivity index (χ0) is 11.4. The second-order valence-electron chi connectivity index (χ2n) is 4.78. The van der Waals surface area contributed by atoms with Gasteiger partial charge in [0.15, 0.2) is 0 Å². The molecule has 4 heteroatoms. The van der Waals surface area contributed by atoms with Gasteiger partial charge in [0.05, 0.1) is 6.04 Å². The Morgan fingerprint density at radius 3 is 2.88 bits per heavy atom. The Labute approximate surface area is 97.8 Å². The van der Waals surface area contributed by atoms with E-state index in [2.05, 4.69) is 22.5 Å². The Bertz CT molecular complexity index is 238. The van der Waals surface area contributed by atoms with Crippen LogP contribution >= 0.6 is 0 Å². The van der Waals surface area contributed by atoms with Crippen LogP contribution in [0.3, 0.4) is 0 Å². The minimum Gasteiger partial charge on any atom is -0.355 e. The van der Waals surface area contributed by atoms with E-state index >= 15 is 0 Å². The number of hydrogen-bond donors (Lipinski definition) is 2. The summed E-state index contributed by atoms with van der Waals surface area (Å²) < 4.78 is 0. The van der Waals surface area contributed by atoms with Gasteiger partial charge in [-0.2, -0.15) is 0 Å². The van der Waals surface area contributed by atoms with Gasteiger partial charge in [-0.05, 0) is 38.8 Å². The predicted octanol–water partition coefficient (Wildman–Crippen LogP) is 0.339. The first-order valence-corrected chi connectivity index (χ1v) is 6.57. The van der Waals surface area contributed by atoms with E-state index in [4.69, 9.17) is 0 Å². The number of carbonyl (C=O) groups is 1. The Balaban J connectivity index is 2.02. The predicted molar refractivity (Wildman–Crippen MR) is 64.3 cm³/mol. The molecular weight excluding hydrogens is 202 g/mol. The van der Waals surface area contributed by atoms with Crippen molar-refractivity contribution >= 4 is 5.91 Å². The lowest BCUT2D eigenvalue weighted by Crippen LogP contribution is -2.51. The van der Waals surface area contributed by atoms with Crippen molar-refractivity contribution in [3.05, 3.63) is 0 Å². The van der Waals surface area contributed by atoms with Crippen molar-refractivity contribution < 1.29 is 4.79 Å². The second-order valence-corrected chi connectivity index (χ2v) is 4.78. The monoisotopic (exact) mass is 225 g/mol. The van der Waals surface area contributed by atoms with Gasteiger partial charge in [0, 0.05) is 19.1 Å². The standard InChI is InChI=1S/C12H23N3O/c1-2-15(10-6-8-13-9-10)11-5-3-4-7-14-12(11)16/h10-11,13H,2-9H2,1H3,(H,14,16). The van der Waals surface area contributed by atoms with Crippen LogP contribution < -0.4 is 10.6 Å². The maximum absolute atomic E-state index is 12.0. The molecule has 2 atom stereocenters. The van der Waals surface area contributed by atoms with Gasteiger partial charge in [0.1, 0.15) is 0 Å². The van der Waals surface area contributed by atoms with Crippen molar-refractivity contribution in [1.29, 1.82) is 0 Å². The summed E-state index contributed by atoms with van der Waals surface area (Å²) in [6.07, 6.45) is 4.50. The zero-order valence-electron chi connectivity index (χ0n) is 10.2. The average Bonchev–Trinajstić information content (AvgIpc) is 2.72. The van der Waals surface area contributed by atoms with Crippen molar-refractivity contribution in [1.82, 2.24) is 15.5 Å². The van der Waals surface area contributed by atoms with Gasteiger partial charge in [-0.25, -0.2) is 0 Å². The quantitative estimate of drug-likeness (QED) is 0.728. The normalized spacial score (nSPS) is 31.5. The van der Waals surface area contributed by atoms with Crippen LogP contribution in [0.5, 0.6) is 0 Å². The number of nitrogens with zero attached hydrogens (tertiary/aromatic N) is 1. The van der Waals surface area contributed by atoms with Crippen molar-refractivity contribution in [3.8, 4) is 0 Å². The minimum absolute atomic E-state index is 0.109. The lowest BCUT2D eigenvalue weighted by molar-refractivity contribution is -0.126. The largest absolute Gasteiger partial charge is 0.355 e. The molecule has 2 unspecified atom stereocenters. The number of nitrogens with one attached hydrogen (secondary N) is 2. The van der Waals surface area contributed by atoms with Gasteiger partial charge in [-0.3, -0.25) is 9.69 Å². The summed E-state index contributed by atoms with van der Waals surface area (Å²) in [5.41, 5.74) is 0. The molecule has 0 aromatic rings. The number of likely N-dealkylation sites (N-methyl/N-ethyl adjacent to an activating group) is 1. The molecule has 2 N–H and O–H groups in total. The van der Waals surface area contributed by atoms with E-state index in [1.54, 1.807) is 0 Å². The molecule has 2 aliphatic heterocycles. The van der Waals surface area contributed by atoms with Crippen LogP contribution in [-0.4, -0.2) is 49.1 Å². The molecule has 92 valence electrons. The number of rotatable bonds is 3. The molecule has 0 aliphatic carbocycles. The third kappa shape index (κ3) is 2.55.